The van der Waals surface area contributed by atoms with E-state index in [4.69, 9.17) is 16.3 Å². The molecule has 10 nitrogen and oxygen atoms in total. The van der Waals surface area contributed by atoms with Crippen molar-refractivity contribution in [3.8, 4) is 0 Å². The Morgan fingerprint density at radius 2 is 1.85 bits per heavy atom. The Morgan fingerprint density at radius 1 is 1.15 bits per heavy atom. The lowest BCUT2D eigenvalue weighted by Gasteiger charge is -2.42. The van der Waals surface area contributed by atoms with Crippen LogP contribution in [0, 0.1) is 0 Å². The van der Waals surface area contributed by atoms with Crippen LogP contribution in [0.15, 0.2) is 42.9 Å². The summed E-state index contributed by atoms with van der Waals surface area (Å²) in [7, 11) is 4.00. The van der Waals surface area contributed by atoms with Crippen LogP contribution in [0.3, 0.4) is 0 Å². The standard InChI is InChI=1S/C29H40ClN7O3/c1-28(2,3)40-27(39)35-29(26(38)34-23(11-15-36(4)5)20-6-8-21(30)9-7-20)12-16-37(17-13-29)18-24-22-10-14-31-25(22)33-19-32-24/h6-10,14,19,23H,11-13,15-18H2,1-5H3,(H,34,38)(H,35,39)(H,31,32,33). The minimum atomic E-state index is -1.11. The quantitative estimate of drug-likeness (QED) is 0.352. The number of alkyl carbamates (subject to hydrolysis) is 1. The van der Waals surface area contributed by atoms with Gasteiger partial charge in [0.1, 0.15) is 23.1 Å². The molecule has 3 heterocycles. The Morgan fingerprint density at radius 3 is 2.50 bits per heavy atom. The molecule has 2 amide bonds. The fraction of sp³-hybridized carbons (Fsp3) is 0.517. The zero-order valence-electron chi connectivity index (χ0n) is 24.0. The van der Waals surface area contributed by atoms with Gasteiger partial charge in [-0.3, -0.25) is 9.69 Å². The molecule has 1 atom stereocenters. The first-order chi connectivity index (χ1) is 18.9. The topological polar surface area (TPSA) is 115 Å². The molecule has 1 unspecified atom stereocenters. The molecule has 40 heavy (non-hydrogen) atoms. The van der Waals surface area contributed by atoms with Gasteiger partial charge < -0.3 is 25.3 Å². The Kier molecular flexibility index (Phi) is 9.33. The van der Waals surface area contributed by atoms with E-state index in [1.807, 2.05) is 71.4 Å². The van der Waals surface area contributed by atoms with E-state index in [9.17, 15) is 9.59 Å². The summed E-state index contributed by atoms with van der Waals surface area (Å²) in [5, 5.41) is 7.84. The number of fused-ring (bicyclic) bond motifs is 1. The lowest BCUT2D eigenvalue weighted by Crippen LogP contribution is -2.64. The predicted octanol–water partition coefficient (Wildman–Crippen LogP) is 4.28. The molecule has 1 aliphatic heterocycles. The van der Waals surface area contributed by atoms with Gasteiger partial charge in [-0.15, -0.1) is 0 Å². The molecule has 0 saturated carbocycles. The lowest BCUT2D eigenvalue weighted by atomic mass is 9.85. The third-order valence-electron chi connectivity index (χ3n) is 7.14. The molecule has 0 spiro atoms. The maximum absolute atomic E-state index is 14.1. The number of hydrogen-bond donors (Lipinski definition) is 3. The van der Waals surface area contributed by atoms with Gasteiger partial charge in [0.15, 0.2) is 0 Å². The van der Waals surface area contributed by atoms with Crippen molar-refractivity contribution >= 4 is 34.6 Å². The largest absolute Gasteiger partial charge is 0.444 e. The van der Waals surface area contributed by atoms with Crippen LogP contribution in [0.5, 0.6) is 0 Å². The molecule has 0 bridgehead atoms. The van der Waals surface area contributed by atoms with E-state index in [0.29, 0.717) is 43.9 Å². The number of carbonyl (C=O) groups excluding carboxylic acids is 2. The minimum absolute atomic E-state index is 0.216. The van der Waals surface area contributed by atoms with Crippen molar-refractivity contribution in [1.82, 2.24) is 35.4 Å². The van der Waals surface area contributed by atoms with Gasteiger partial charge in [-0.05, 0) is 84.4 Å². The monoisotopic (exact) mass is 569 g/mol. The number of likely N-dealkylation sites (tertiary alicyclic amines) is 1. The summed E-state index contributed by atoms with van der Waals surface area (Å²) >= 11 is 6.13. The van der Waals surface area contributed by atoms with E-state index < -0.39 is 17.2 Å². The Balaban J connectivity index is 1.53. The van der Waals surface area contributed by atoms with Crippen LogP contribution in [0.2, 0.25) is 5.02 Å². The first kappa shape index (κ1) is 29.8. The van der Waals surface area contributed by atoms with Gasteiger partial charge in [0, 0.05) is 36.2 Å². The number of aromatic amines is 1. The number of nitrogens with one attached hydrogen (secondary N) is 3. The summed E-state index contributed by atoms with van der Waals surface area (Å²) in [5.41, 5.74) is 0.887. The predicted molar refractivity (Wildman–Crippen MR) is 156 cm³/mol. The number of aromatic nitrogens is 3. The highest BCUT2D eigenvalue weighted by Crippen LogP contribution is 2.28. The van der Waals surface area contributed by atoms with E-state index in [0.717, 1.165) is 28.8 Å². The first-order valence-corrected chi connectivity index (χ1v) is 14.0. The Bertz CT molecular complexity index is 1290. The minimum Gasteiger partial charge on any atom is -0.444 e. The highest BCUT2D eigenvalue weighted by atomic mass is 35.5. The second-order valence-electron chi connectivity index (χ2n) is 11.7. The number of halogens is 1. The van der Waals surface area contributed by atoms with Crippen molar-refractivity contribution in [2.45, 2.75) is 63.8 Å². The van der Waals surface area contributed by atoms with Crippen molar-refractivity contribution in [3.05, 3.63) is 59.1 Å². The van der Waals surface area contributed by atoms with Crippen molar-refractivity contribution in [2.75, 3.05) is 33.7 Å². The Labute approximate surface area is 240 Å². The summed E-state index contributed by atoms with van der Waals surface area (Å²) < 4.78 is 5.57. The molecule has 3 N–H and O–H groups in total. The Hall–Kier alpha value is -3.21. The van der Waals surface area contributed by atoms with Gasteiger partial charge in [-0.2, -0.15) is 0 Å². The third kappa shape index (κ3) is 7.71. The second kappa shape index (κ2) is 12.5. The molecule has 1 saturated heterocycles. The molecule has 1 aliphatic rings. The van der Waals surface area contributed by atoms with Crippen LogP contribution in [-0.2, 0) is 16.1 Å². The number of H-pyrrole nitrogens is 1. The molecule has 0 radical (unpaired) electrons. The van der Waals surface area contributed by atoms with Crippen LogP contribution >= 0.6 is 11.6 Å². The highest BCUT2D eigenvalue weighted by molar-refractivity contribution is 6.30. The summed E-state index contributed by atoms with van der Waals surface area (Å²) in [6, 6.07) is 9.25. The second-order valence-corrected chi connectivity index (χ2v) is 12.2. The van der Waals surface area contributed by atoms with Gasteiger partial charge in [0.2, 0.25) is 5.91 Å². The maximum Gasteiger partial charge on any atom is 0.408 e. The van der Waals surface area contributed by atoms with Crippen molar-refractivity contribution in [2.24, 2.45) is 0 Å². The van der Waals surface area contributed by atoms with Crippen LogP contribution < -0.4 is 10.6 Å². The number of benzene rings is 1. The van der Waals surface area contributed by atoms with Gasteiger partial charge in [0.25, 0.3) is 0 Å². The molecule has 2 aromatic heterocycles. The summed E-state index contributed by atoms with van der Waals surface area (Å²) in [6.07, 6.45) is 4.38. The molecule has 1 aromatic carbocycles. The molecular formula is C29H40ClN7O3. The van der Waals surface area contributed by atoms with E-state index in [1.165, 1.54) is 0 Å². The number of rotatable bonds is 9. The smallest absolute Gasteiger partial charge is 0.408 e. The van der Waals surface area contributed by atoms with E-state index in [2.05, 4.69) is 35.4 Å². The van der Waals surface area contributed by atoms with Crippen LogP contribution in [0.1, 0.15) is 57.3 Å². The number of carbonyl (C=O) groups is 2. The fourth-order valence-corrected chi connectivity index (χ4v) is 5.09. The van der Waals surface area contributed by atoms with Crippen molar-refractivity contribution in [3.63, 3.8) is 0 Å². The SMILES string of the molecule is CN(C)CCC(NC(=O)C1(NC(=O)OC(C)(C)C)CCN(Cc2ncnc3[nH]ccc23)CC1)c1ccc(Cl)cc1. The summed E-state index contributed by atoms with van der Waals surface area (Å²) in [6.45, 7) is 8.03. The molecule has 0 aliphatic carbocycles. The number of nitrogens with zero attached hydrogens (tertiary/aromatic N) is 4. The van der Waals surface area contributed by atoms with Gasteiger partial charge in [0.05, 0.1) is 11.7 Å². The highest BCUT2D eigenvalue weighted by Gasteiger charge is 2.44. The third-order valence-corrected chi connectivity index (χ3v) is 7.39. The van der Waals surface area contributed by atoms with E-state index in [1.54, 1.807) is 6.33 Å². The molecule has 3 aromatic rings. The number of piperidine rings is 1. The van der Waals surface area contributed by atoms with Crippen LogP contribution in [0.25, 0.3) is 11.0 Å². The maximum atomic E-state index is 14.1. The zero-order chi connectivity index (χ0) is 28.9. The zero-order valence-corrected chi connectivity index (χ0v) is 24.7. The van der Waals surface area contributed by atoms with Crippen molar-refractivity contribution < 1.29 is 14.3 Å². The number of ether oxygens (including phenoxy) is 1. The summed E-state index contributed by atoms with van der Waals surface area (Å²) in [5.74, 6) is -0.216. The first-order valence-electron chi connectivity index (χ1n) is 13.7. The fourth-order valence-electron chi connectivity index (χ4n) is 4.97. The van der Waals surface area contributed by atoms with Crippen LogP contribution in [0.4, 0.5) is 4.79 Å². The van der Waals surface area contributed by atoms with Gasteiger partial charge in [-0.25, -0.2) is 14.8 Å². The molecule has 216 valence electrons. The molecular weight excluding hydrogens is 530 g/mol. The molecule has 1 fully saturated rings. The average Bonchev–Trinajstić information content (AvgIpc) is 3.37. The van der Waals surface area contributed by atoms with Crippen LogP contribution in [-0.4, -0.2) is 81.6 Å². The number of hydrogen-bond acceptors (Lipinski definition) is 7. The molecule has 11 heteroatoms. The lowest BCUT2D eigenvalue weighted by molar-refractivity contribution is -0.130. The molecule has 4 rings (SSSR count). The average molecular weight is 570 g/mol. The normalized spacial score (nSPS) is 16.6. The summed E-state index contributed by atoms with van der Waals surface area (Å²) in [4.78, 5) is 43.2. The van der Waals surface area contributed by atoms with Crippen molar-refractivity contribution in [1.29, 1.82) is 0 Å². The van der Waals surface area contributed by atoms with Gasteiger partial charge in [-0.1, -0.05) is 23.7 Å². The van der Waals surface area contributed by atoms with Gasteiger partial charge >= 0.3 is 6.09 Å². The number of amides is 2. The van der Waals surface area contributed by atoms with E-state index in [-0.39, 0.29) is 11.9 Å². The van der Waals surface area contributed by atoms with E-state index >= 15 is 0 Å².